The standard InChI is InChI=1S/C16H14N4S/c1-10-6-7-18-16(14(10)15(17)21)20-12-8-11-4-2-3-5-13(11)19-9-12/h2-9H,1H3,(H2,17,21)(H,18,20). The van der Waals surface area contributed by atoms with Crippen molar-refractivity contribution in [2.75, 3.05) is 5.32 Å². The normalized spacial score (nSPS) is 10.5. The second-order valence-electron chi connectivity index (χ2n) is 4.76. The summed E-state index contributed by atoms with van der Waals surface area (Å²) < 4.78 is 0. The molecule has 0 aliphatic carbocycles. The van der Waals surface area contributed by atoms with Crippen LogP contribution in [-0.4, -0.2) is 15.0 Å². The van der Waals surface area contributed by atoms with Gasteiger partial charge >= 0.3 is 0 Å². The van der Waals surface area contributed by atoms with E-state index < -0.39 is 0 Å². The highest BCUT2D eigenvalue weighted by molar-refractivity contribution is 7.80. The molecular weight excluding hydrogens is 280 g/mol. The van der Waals surface area contributed by atoms with Crippen molar-refractivity contribution in [3.05, 3.63) is 59.9 Å². The Hall–Kier alpha value is -2.53. The van der Waals surface area contributed by atoms with Crippen LogP contribution in [0.15, 0.2) is 48.8 Å². The molecule has 5 heteroatoms. The molecule has 0 spiro atoms. The lowest BCUT2D eigenvalue weighted by atomic mass is 10.1. The highest BCUT2D eigenvalue weighted by Crippen LogP contribution is 2.23. The number of hydrogen-bond donors (Lipinski definition) is 2. The molecular formula is C16H14N4S. The van der Waals surface area contributed by atoms with E-state index in [1.165, 1.54) is 0 Å². The lowest BCUT2D eigenvalue weighted by Crippen LogP contribution is -2.14. The highest BCUT2D eigenvalue weighted by Gasteiger charge is 2.10. The van der Waals surface area contributed by atoms with Gasteiger partial charge in [0.1, 0.15) is 10.8 Å². The van der Waals surface area contributed by atoms with Crippen molar-refractivity contribution < 1.29 is 0 Å². The number of nitrogens with one attached hydrogen (secondary N) is 1. The minimum Gasteiger partial charge on any atom is -0.389 e. The minimum atomic E-state index is 0.330. The number of fused-ring (bicyclic) bond motifs is 1. The average Bonchev–Trinajstić information content (AvgIpc) is 2.47. The topological polar surface area (TPSA) is 63.8 Å². The average molecular weight is 294 g/mol. The van der Waals surface area contributed by atoms with Crippen molar-refractivity contribution in [2.45, 2.75) is 6.92 Å². The third kappa shape index (κ3) is 2.68. The van der Waals surface area contributed by atoms with Crippen LogP contribution < -0.4 is 11.1 Å². The molecule has 0 saturated carbocycles. The zero-order chi connectivity index (χ0) is 14.8. The minimum absolute atomic E-state index is 0.330. The third-order valence-electron chi connectivity index (χ3n) is 3.26. The van der Waals surface area contributed by atoms with Gasteiger partial charge in [0.2, 0.25) is 0 Å². The summed E-state index contributed by atoms with van der Waals surface area (Å²) in [5.74, 6) is 0.652. The zero-order valence-corrected chi connectivity index (χ0v) is 12.3. The Kier molecular flexibility index (Phi) is 3.50. The Morgan fingerprint density at radius 3 is 2.81 bits per heavy atom. The Bertz CT molecular complexity index is 829. The molecule has 3 rings (SSSR count). The van der Waals surface area contributed by atoms with E-state index in [2.05, 4.69) is 15.3 Å². The van der Waals surface area contributed by atoms with E-state index in [0.717, 1.165) is 27.7 Å². The lowest BCUT2D eigenvalue weighted by Gasteiger charge is -2.12. The van der Waals surface area contributed by atoms with Crippen LogP contribution in [0.3, 0.4) is 0 Å². The molecule has 21 heavy (non-hydrogen) atoms. The second-order valence-corrected chi connectivity index (χ2v) is 5.20. The fourth-order valence-electron chi connectivity index (χ4n) is 2.24. The van der Waals surface area contributed by atoms with E-state index in [0.29, 0.717) is 10.8 Å². The van der Waals surface area contributed by atoms with E-state index in [4.69, 9.17) is 18.0 Å². The van der Waals surface area contributed by atoms with Gasteiger partial charge in [-0.2, -0.15) is 0 Å². The highest BCUT2D eigenvalue weighted by atomic mass is 32.1. The molecule has 2 aromatic heterocycles. The number of pyridine rings is 2. The van der Waals surface area contributed by atoms with E-state index in [9.17, 15) is 0 Å². The molecule has 1 aromatic carbocycles. The van der Waals surface area contributed by atoms with Gasteiger partial charge in [0.25, 0.3) is 0 Å². The van der Waals surface area contributed by atoms with E-state index in [1.54, 1.807) is 12.4 Å². The molecule has 0 atom stereocenters. The van der Waals surface area contributed by atoms with Crippen LogP contribution in [0.5, 0.6) is 0 Å². The Balaban J connectivity index is 2.02. The molecule has 0 radical (unpaired) electrons. The van der Waals surface area contributed by atoms with E-state index in [-0.39, 0.29) is 0 Å². The first-order chi connectivity index (χ1) is 10.1. The molecule has 0 unspecified atom stereocenters. The number of aromatic nitrogens is 2. The molecule has 0 fully saturated rings. The number of nitrogens with zero attached hydrogens (tertiary/aromatic N) is 2. The van der Waals surface area contributed by atoms with Crippen LogP contribution in [0.4, 0.5) is 11.5 Å². The summed E-state index contributed by atoms with van der Waals surface area (Å²) in [6.07, 6.45) is 3.50. The molecule has 104 valence electrons. The van der Waals surface area contributed by atoms with Gasteiger partial charge < -0.3 is 11.1 Å². The Morgan fingerprint density at radius 1 is 1.19 bits per heavy atom. The fourth-order valence-corrected chi connectivity index (χ4v) is 2.50. The number of nitrogens with two attached hydrogens (primary N) is 1. The number of hydrogen-bond acceptors (Lipinski definition) is 4. The second kappa shape index (κ2) is 5.46. The first-order valence-corrected chi connectivity index (χ1v) is 6.93. The zero-order valence-electron chi connectivity index (χ0n) is 11.5. The first kappa shape index (κ1) is 13.5. The summed E-state index contributed by atoms with van der Waals surface area (Å²) in [5.41, 5.74) is 9.36. The van der Waals surface area contributed by atoms with Crippen LogP contribution in [0.1, 0.15) is 11.1 Å². The maximum Gasteiger partial charge on any atom is 0.140 e. The maximum atomic E-state index is 5.80. The van der Waals surface area contributed by atoms with Crippen molar-refractivity contribution in [2.24, 2.45) is 5.73 Å². The van der Waals surface area contributed by atoms with Gasteiger partial charge in [-0.15, -0.1) is 0 Å². The van der Waals surface area contributed by atoms with Crippen LogP contribution in [0.25, 0.3) is 10.9 Å². The number of anilines is 2. The molecule has 0 bridgehead atoms. The van der Waals surface area contributed by atoms with Crippen LogP contribution in [0.2, 0.25) is 0 Å². The van der Waals surface area contributed by atoms with Crippen molar-refractivity contribution in [1.82, 2.24) is 9.97 Å². The number of rotatable bonds is 3. The summed E-state index contributed by atoms with van der Waals surface area (Å²) in [6.45, 7) is 1.96. The van der Waals surface area contributed by atoms with Gasteiger partial charge in [-0.3, -0.25) is 4.98 Å². The SMILES string of the molecule is Cc1ccnc(Nc2cnc3ccccc3c2)c1C(N)=S. The summed E-state index contributed by atoms with van der Waals surface area (Å²) in [5, 5.41) is 4.31. The lowest BCUT2D eigenvalue weighted by molar-refractivity contribution is 1.25. The van der Waals surface area contributed by atoms with Crippen molar-refractivity contribution >= 4 is 39.6 Å². The van der Waals surface area contributed by atoms with Crippen molar-refractivity contribution in [3.8, 4) is 0 Å². The smallest absolute Gasteiger partial charge is 0.140 e. The summed E-state index contributed by atoms with van der Waals surface area (Å²) >= 11 is 5.11. The molecule has 0 aliphatic heterocycles. The molecule has 4 nitrogen and oxygen atoms in total. The summed E-state index contributed by atoms with van der Waals surface area (Å²) in [7, 11) is 0. The largest absolute Gasteiger partial charge is 0.389 e. The Labute approximate surface area is 128 Å². The van der Waals surface area contributed by atoms with Crippen LogP contribution >= 0.6 is 12.2 Å². The maximum absolute atomic E-state index is 5.80. The van der Waals surface area contributed by atoms with Gasteiger partial charge in [0, 0.05) is 11.6 Å². The fraction of sp³-hybridized carbons (Fsp3) is 0.0625. The van der Waals surface area contributed by atoms with Crippen LogP contribution in [0, 0.1) is 6.92 Å². The number of aryl methyl sites for hydroxylation is 1. The monoisotopic (exact) mass is 294 g/mol. The van der Waals surface area contributed by atoms with Gasteiger partial charge in [0.15, 0.2) is 0 Å². The number of thiocarbonyl (C=S) groups is 1. The molecule has 3 aromatic rings. The van der Waals surface area contributed by atoms with Gasteiger partial charge in [-0.05, 0) is 30.7 Å². The molecule has 3 N–H and O–H groups in total. The molecule has 0 saturated heterocycles. The number of para-hydroxylation sites is 1. The van der Waals surface area contributed by atoms with Gasteiger partial charge in [0.05, 0.1) is 23.0 Å². The third-order valence-corrected chi connectivity index (χ3v) is 3.46. The first-order valence-electron chi connectivity index (χ1n) is 6.52. The van der Waals surface area contributed by atoms with Crippen LogP contribution in [-0.2, 0) is 0 Å². The summed E-state index contributed by atoms with van der Waals surface area (Å²) in [6, 6.07) is 11.9. The molecule has 0 amide bonds. The quantitative estimate of drug-likeness (QED) is 0.726. The Morgan fingerprint density at radius 2 is 2.00 bits per heavy atom. The van der Waals surface area contributed by atoms with Crippen molar-refractivity contribution in [3.63, 3.8) is 0 Å². The van der Waals surface area contributed by atoms with Gasteiger partial charge in [-0.25, -0.2) is 4.98 Å². The predicted molar refractivity (Wildman–Crippen MR) is 89.9 cm³/mol. The van der Waals surface area contributed by atoms with E-state index in [1.807, 2.05) is 43.3 Å². The molecule has 0 aliphatic rings. The van der Waals surface area contributed by atoms with E-state index >= 15 is 0 Å². The summed E-state index contributed by atoms with van der Waals surface area (Å²) in [4.78, 5) is 9.08. The molecule has 2 heterocycles. The number of benzene rings is 1. The van der Waals surface area contributed by atoms with Crippen molar-refractivity contribution in [1.29, 1.82) is 0 Å². The predicted octanol–water partition coefficient (Wildman–Crippen LogP) is 3.32. The van der Waals surface area contributed by atoms with Gasteiger partial charge in [-0.1, -0.05) is 30.4 Å².